The Morgan fingerprint density at radius 2 is 1.79 bits per heavy atom. The van der Waals surface area contributed by atoms with Gasteiger partial charge in [0.2, 0.25) is 0 Å². The Hall–Kier alpha value is -2.19. The molecule has 1 fully saturated rings. The zero-order valence-electron chi connectivity index (χ0n) is 16.7. The Labute approximate surface area is 168 Å². The molecule has 0 heterocycles. The zero-order valence-corrected chi connectivity index (χ0v) is 16.7. The fourth-order valence-electron chi connectivity index (χ4n) is 4.32. The van der Waals surface area contributed by atoms with Crippen LogP contribution in [0.3, 0.4) is 0 Å². The molecule has 28 heavy (non-hydrogen) atoms. The van der Waals surface area contributed by atoms with Crippen LogP contribution < -0.4 is 0 Å². The monoisotopic (exact) mass is 378 g/mol. The first-order valence-corrected chi connectivity index (χ1v) is 10.4. The van der Waals surface area contributed by atoms with Crippen LogP contribution in [0.25, 0.3) is 11.1 Å². The molecule has 148 valence electrons. The van der Waals surface area contributed by atoms with Crippen LogP contribution in [-0.2, 0) is 11.3 Å². The van der Waals surface area contributed by atoms with Gasteiger partial charge in [0.15, 0.2) is 0 Å². The van der Waals surface area contributed by atoms with Crippen molar-refractivity contribution in [3.63, 3.8) is 0 Å². The van der Waals surface area contributed by atoms with Crippen LogP contribution in [-0.4, -0.2) is 6.61 Å². The van der Waals surface area contributed by atoms with Crippen molar-refractivity contribution >= 4 is 0 Å². The molecule has 0 amide bonds. The lowest BCUT2D eigenvalue weighted by Crippen LogP contribution is -2.14. The average Bonchev–Trinajstić information content (AvgIpc) is 2.74. The molecule has 0 radical (unpaired) electrons. The first-order chi connectivity index (χ1) is 13.7. The van der Waals surface area contributed by atoms with E-state index in [2.05, 4.69) is 31.4 Å². The van der Waals surface area contributed by atoms with Gasteiger partial charge in [-0.25, -0.2) is 4.39 Å². The van der Waals surface area contributed by atoms with Crippen molar-refractivity contribution in [3.05, 3.63) is 84.7 Å². The maximum absolute atomic E-state index is 14.6. The summed E-state index contributed by atoms with van der Waals surface area (Å²) < 4.78 is 20.0. The minimum Gasteiger partial charge on any atom is -0.373 e. The summed E-state index contributed by atoms with van der Waals surface area (Å²) >= 11 is 0. The van der Waals surface area contributed by atoms with Gasteiger partial charge in [-0.3, -0.25) is 0 Å². The average molecular weight is 379 g/mol. The fraction of sp³-hybridized carbons (Fsp3) is 0.385. The van der Waals surface area contributed by atoms with Crippen molar-refractivity contribution in [3.8, 4) is 11.1 Å². The fourth-order valence-corrected chi connectivity index (χ4v) is 4.32. The highest BCUT2D eigenvalue weighted by Crippen LogP contribution is 2.41. The van der Waals surface area contributed by atoms with Crippen LogP contribution in [0.5, 0.6) is 0 Å². The van der Waals surface area contributed by atoms with E-state index in [9.17, 15) is 4.39 Å². The molecule has 3 rings (SSSR count). The minimum atomic E-state index is -0.204. The highest BCUT2D eigenvalue weighted by molar-refractivity contribution is 5.68. The molecule has 0 aromatic heterocycles. The van der Waals surface area contributed by atoms with E-state index in [1.54, 1.807) is 12.1 Å². The molecule has 0 bridgehead atoms. The molecule has 1 nitrogen and oxygen atoms in total. The lowest BCUT2D eigenvalue weighted by Gasteiger charge is -2.30. The molecule has 0 saturated heterocycles. The Morgan fingerprint density at radius 3 is 2.50 bits per heavy atom. The normalized spacial score (nSPS) is 19.3. The molecule has 1 aliphatic carbocycles. The van der Waals surface area contributed by atoms with Crippen molar-refractivity contribution in [1.82, 2.24) is 0 Å². The number of hydrogen-bond donors (Lipinski definition) is 0. The second-order valence-corrected chi connectivity index (χ2v) is 7.78. The number of allylic oxidation sites excluding steroid dienone is 1. The van der Waals surface area contributed by atoms with Gasteiger partial charge in [0.1, 0.15) is 5.82 Å². The summed E-state index contributed by atoms with van der Waals surface area (Å²) in [4.78, 5) is 0. The third kappa shape index (κ3) is 5.20. The lowest BCUT2D eigenvalue weighted by molar-refractivity contribution is 0.146. The van der Waals surface area contributed by atoms with E-state index in [0.29, 0.717) is 18.1 Å². The minimum absolute atomic E-state index is 0.204. The molecular formula is C26H31FO. The predicted octanol–water partition coefficient (Wildman–Crippen LogP) is 7.44. The second-order valence-electron chi connectivity index (χ2n) is 7.78. The molecule has 2 aromatic carbocycles. The maximum atomic E-state index is 14.6. The SMILES string of the molecule is C=CCC[C@H]1CC[C@H](c2ccccc2-c2ccc(COCC=C)c(F)c2)CC1. The van der Waals surface area contributed by atoms with Crippen LogP contribution in [0, 0.1) is 11.7 Å². The number of rotatable bonds is 9. The molecule has 0 N–H and O–H groups in total. The van der Waals surface area contributed by atoms with E-state index in [1.807, 2.05) is 24.3 Å². The molecule has 2 heteroatoms. The van der Waals surface area contributed by atoms with Crippen LogP contribution >= 0.6 is 0 Å². The number of hydrogen-bond acceptors (Lipinski definition) is 1. The van der Waals surface area contributed by atoms with Crippen LogP contribution in [0.2, 0.25) is 0 Å². The Balaban J connectivity index is 1.75. The van der Waals surface area contributed by atoms with Gasteiger partial charge in [-0.1, -0.05) is 48.6 Å². The smallest absolute Gasteiger partial charge is 0.129 e. The van der Waals surface area contributed by atoms with Gasteiger partial charge in [0.25, 0.3) is 0 Å². The van der Waals surface area contributed by atoms with Crippen molar-refractivity contribution in [2.75, 3.05) is 6.61 Å². The van der Waals surface area contributed by atoms with Gasteiger partial charge >= 0.3 is 0 Å². The van der Waals surface area contributed by atoms with E-state index in [0.717, 1.165) is 23.5 Å². The summed E-state index contributed by atoms with van der Waals surface area (Å²) in [6, 6.07) is 14.0. The summed E-state index contributed by atoms with van der Waals surface area (Å²) in [6.45, 7) is 8.16. The second kappa shape index (κ2) is 10.4. The largest absolute Gasteiger partial charge is 0.373 e. The summed E-state index contributed by atoms with van der Waals surface area (Å²) in [5.74, 6) is 1.19. The third-order valence-corrected chi connectivity index (χ3v) is 5.88. The topological polar surface area (TPSA) is 9.23 Å². The highest BCUT2D eigenvalue weighted by atomic mass is 19.1. The van der Waals surface area contributed by atoms with Gasteiger partial charge in [-0.05, 0) is 73.1 Å². The van der Waals surface area contributed by atoms with E-state index >= 15 is 0 Å². The Morgan fingerprint density at radius 1 is 1.00 bits per heavy atom. The van der Waals surface area contributed by atoms with Crippen molar-refractivity contribution < 1.29 is 9.13 Å². The van der Waals surface area contributed by atoms with Crippen molar-refractivity contribution in [1.29, 1.82) is 0 Å². The number of halogens is 1. The first kappa shape index (κ1) is 20.5. The van der Waals surface area contributed by atoms with E-state index in [1.165, 1.54) is 37.7 Å². The molecule has 0 atom stereocenters. The molecule has 1 saturated carbocycles. The Kier molecular flexibility index (Phi) is 7.62. The lowest BCUT2D eigenvalue weighted by atomic mass is 9.75. The zero-order chi connectivity index (χ0) is 19.8. The van der Waals surface area contributed by atoms with Crippen molar-refractivity contribution in [2.24, 2.45) is 5.92 Å². The summed E-state index contributed by atoms with van der Waals surface area (Å²) in [6.07, 6.45) is 11.1. The van der Waals surface area contributed by atoms with E-state index < -0.39 is 0 Å². The number of ether oxygens (including phenoxy) is 1. The van der Waals surface area contributed by atoms with Gasteiger partial charge in [0, 0.05) is 5.56 Å². The first-order valence-electron chi connectivity index (χ1n) is 10.4. The predicted molar refractivity (Wildman–Crippen MR) is 116 cm³/mol. The van der Waals surface area contributed by atoms with Gasteiger partial charge in [-0.2, -0.15) is 0 Å². The van der Waals surface area contributed by atoms with Gasteiger partial charge in [0.05, 0.1) is 13.2 Å². The molecular weight excluding hydrogens is 347 g/mol. The molecule has 0 spiro atoms. The van der Waals surface area contributed by atoms with E-state index in [4.69, 9.17) is 4.74 Å². The molecule has 0 unspecified atom stereocenters. The van der Waals surface area contributed by atoms with E-state index in [-0.39, 0.29) is 12.4 Å². The van der Waals surface area contributed by atoms with Crippen molar-refractivity contribution in [2.45, 2.75) is 51.0 Å². The third-order valence-electron chi connectivity index (χ3n) is 5.88. The summed E-state index contributed by atoms with van der Waals surface area (Å²) in [5, 5.41) is 0. The summed E-state index contributed by atoms with van der Waals surface area (Å²) in [7, 11) is 0. The van der Waals surface area contributed by atoms with Gasteiger partial charge in [-0.15, -0.1) is 13.2 Å². The number of benzene rings is 2. The van der Waals surface area contributed by atoms with Gasteiger partial charge < -0.3 is 4.74 Å². The quantitative estimate of drug-likeness (QED) is 0.325. The highest BCUT2D eigenvalue weighted by Gasteiger charge is 2.24. The Bertz CT molecular complexity index is 787. The molecule has 0 aliphatic heterocycles. The van der Waals surface area contributed by atoms with Crippen LogP contribution in [0.1, 0.15) is 55.6 Å². The molecule has 2 aromatic rings. The maximum Gasteiger partial charge on any atom is 0.129 e. The summed E-state index contributed by atoms with van der Waals surface area (Å²) in [5.41, 5.74) is 4.06. The molecule has 1 aliphatic rings. The van der Waals surface area contributed by atoms with Crippen LogP contribution in [0.15, 0.2) is 67.8 Å². The standard InChI is InChI=1S/C26H31FO/c1-3-5-8-20-11-13-21(14-12-20)24-9-6-7-10-25(24)22-15-16-23(26(27)18-22)19-28-17-4-2/h3-4,6-7,9-10,15-16,18,20-21H,1-2,5,8,11-14,17,19H2/t20-,21-. The van der Waals surface area contributed by atoms with Crippen LogP contribution in [0.4, 0.5) is 4.39 Å².